The second-order valence-corrected chi connectivity index (χ2v) is 9.98. The average molecular weight is 489 g/mol. The lowest BCUT2D eigenvalue weighted by atomic mass is 10.1. The fourth-order valence-corrected chi connectivity index (χ4v) is 5.66. The molecule has 2 aromatic rings. The Morgan fingerprint density at radius 1 is 1.03 bits per heavy atom. The second-order valence-electron chi connectivity index (χ2n) is 8.07. The van der Waals surface area contributed by atoms with Crippen LogP contribution in [0.4, 0.5) is 0 Å². The summed E-state index contributed by atoms with van der Waals surface area (Å²) in [5.41, 5.74) is 2.96. The van der Waals surface area contributed by atoms with Crippen LogP contribution in [0, 0.1) is 6.92 Å². The van der Waals surface area contributed by atoms with Crippen molar-refractivity contribution in [1.82, 2.24) is 9.21 Å². The highest BCUT2D eigenvalue weighted by atomic mass is 32.2. The molecule has 3 rings (SSSR count). The Bertz CT molecular complexity index is 1150. The van der Waals surface area contributed by atoms with Crippen LogP contribution >= 0.6 is 0 Å². The average Bonchev–Trinajstić information content (AvgIpc) is 3.09. The van der Waals surface area contributed by atoms with Crippen LogP contribution in [0.15, 0.2) is 47.4 Å². The predicted molar refractivity (Wildman–Crippen MR) is 130 cm³/mol. The smallest absolute Gasteiger partial charge is 0.330 e. The molecule has 34 heavy (non-hydrogen) atoms. The van der Waals surface area contributed by atoms with E-state index in [0.717, 1.165) is 13.1 Å². The van der Waals surface area contributed by atoms with E-state index in [0.29, 0.717) is 31.6 Å². The quantitative estimate of drug-likeness (QED) is 0.417. The van der Waals surface area contributed by atoms with Gasteiger partial charge in [0.05, 0.1) is 21.3 Å². The van der Waals surface area contributed by atoms with Crippen LogP contribution in [-0.2, 0) is 26.1 Å². The number of carbonyl (C=O) groups is 1. The number of hydrogen-bond acceptors (Lipinski definition) is 7. The SMILES string of the molecule is COC(=O)/C=C/c1cc(OC)c(OC)c(S(=O)(=O)N2CCCN(Cc3ccccc3C)CC2)c1. The van der Waals surface area contributed by atoms with Crippen molar-refractivity contribution in [2.75, 3.05) is 47.5 Å². The number of hydrogen-bond donors (Lipinski definition) is 0. The van der Waals surface area contributed by atoms with Crippen LogP contribution in [0.3, 0.4) is 0 Å². The molecule has 8 nitrogen and oxygen atoms in total. The summed E-state index contributed by atoms with van der Waals surface area (Å²) in [5, 5.41) is 0. The number of carbonyl (C=O) groups excluding carboxylic acids is 1. The Labute approximate surface area is 201 Å². The topological polar surface area (TPSA) is 85.4 Å². The van der Waals surface area contributed by atoms with Gasteiger partial charge in [0.15, 0.2) is 11.5 Å². The lowest BCUT2D eigenvalue weighted by molar-refractivity contribution is -0.134. The molecule has 1 heterocycles. The summed E-state index contributed by atoms with van der Waals surface area (Å²) in [4.78, 5) is 13.8. The summed E-state index contributed by atoms with van der Waals surface area (Å²) in [7, 11) is 0.248. The van der Waals surface area contributed by atoms with Gasteiger partial charge in [-0.05, 0) is 54.8 Å². The lowest BCUT2D eigenvalue weighted by Gasteiger charge is -2.23. The molecular formula is C25H32N2O6S. The maximum absolute atomic E-state index is 13.7. The summed E-state index contributed by atoms with van der Waals surface area (Å²) in [6.45, 7) is 5.07. The maximum atomic E-state index is 13.7. The van der Waals surface area contributed by atoms with E-state index in [2.05, 4.69) is 28.7 Å². The van der Waals surface area contributed by atoms with Crippen LogP contribution in [0.25, 0.3) is 6.08 Å². The minimum atomic E-state index is -3.88. The van der Waals surface area contributed by atoms with E-state index >= 15 is 0 Å². The summed E-state index contributed by atoms with van der Waals surface area (Å²) < 4.78 is 44.4. The minimum absolute atomic E-state index is 0.00576. The number of rotatable bonds is 8. The van der Waals surface area contributed by atoms with Crippen molar-refractivity contribution in [3.05, 3.63) is 59.2 Å². The lowest BCUT2D eigenvalue weighted by Crippen LogP contribution is -2.35. The number of ether oxygens (including phenoxy) is 3. The van der Waals surface area contributed by atoms with E-state index in [9.17, 15) is 13.2 Å². The fraction of sp³-hybridized carbons (Fsp3) is 0.400. The highest BCUT2D eigenvalue weighted by molar-refractivity contribution is 7.89. The molecule has 1 aliphatic heterocycles. The molecule has 184 valence electrons. The molecule has 0 aromatic heterocycles. The zero-order valence-corrected chi connectivity index (χ0v) is 20.9. The van der Waals surface area contributed by atoms with Gasteiger partial charge in [-0.2, -0.15) is 4.31 Å². The van der Waals surface area contributed by atoms with Crippen molar-refractivity contribution in [2.24, 2.45) is 0 Å². The van der Waals surface area contributed by atoms with Crippen LogP contribution < -0.4 is 9.47 Å². The monoisotopic (exact) mass is 488 g/mol. The largest absolute Gasteiger partial charge is 0.493 e. The van der Waals surface area contributed by atoms with Gasteiger partial charge in [-0.15, -0.1) is 0 Å². The number of benzene rings is 2. The van der Waals surface area contributed by atoms with E-state index < -0.39 is 16.0 Å². The maximum Gasteiger partial charge on any atom is 0.330 e. The molecule has 0 amide bonds. The molecule has 0 spiro atoms. The third kappa shape index (κ3) is 5.97. The van der Waals surface area contributed by atoms with Gasteiger partial charge in [-0.25, -0.2) is 13.2 Å². The molecule has 0 bridgehead atoms. The number of methoxy groups -OCH3 is 3. The molecular weight excluding hydrogens is 456 g/mol. The van der Waals surface area contributed by atoms with Crippen molar-refractivity contribution in [3.8, 4) is 11.5 Å². The minimum Gasteiger partial charge on any atom is -0.493 e. The molecule has 0 saturated carbocycles. The van der Waals surface area contributed by atoms with Crippen LogP contribution in [-0.4, -0.2) is 71.1 Å². The zero-order valence-electron chi connectivity index (χ0n) is 20.1. The first-order valence-electron chi connectivity index (χ1n) is 11.1. The van der Waals surface area contributed by atoms with Crippen LogP contribution in [0.5, 0.6) is 11.5 Å². The molecule has 2 aromatic carbocycles. The van der Waals surface area contributed by atoms with Gasteiger partial charge in [0.2, 0.25) is 10.0 Å². The summed E-state index contributed by atoms with van der Waals surface area (Å²) in [5.74, 6) is -0.136. The van der Waals surface area contributed by atoms with E-state index in [4.69, 9.17) is 9.47 Å². The van der Waals surface area contributed by atoms with Gasteiger partial charge in [-0.1, -0.05) is 24.3 Å². The molecule has 0 radical (unpaired) electrons. The van der Waals surface area contributed by atoms with Crippen molar-refractivity contribution in [1.29, 1.82) is 0 Å². The summed E-state index contributed by atoms with van der Waals surface area (Å²) >= 11 is 0. The van der Waals surface area contributed by atoms with E-state index in [1.807, 2.05) is 12.1 Å². The van der Waals surface area contributed by atoms with E-state index in [1.54, 1.807) is 6.07 Å². The molecule has 9 heteroatoms. The van der Waals surface area contributed by atoms with Gasteiger partial charge >= 0.3 is 5.97 Å². The Kier molecular flexibility index (Phi) is 8.71. The third-order valence-electron chi connectivity index (χ3n) is 5.90. The molecule has 0 N–H and O–H groups in total. The van der Waals surface area contributed by atoms with E-state index in [-0.39, 0.29) is 16.4 Å². The first kappa shape index (κ1) is 25.7. The Hall–Kier alpha value is -2.88. The zero-order chi connectivity index (χ0) is 24.7. The van der Waals surface area contributed by atoms with Crippen molar-refractivity contribution >= 4 is 22.1 Å². The molecule has 0 atom stereocenters. The highest BCUT2D eigenvalue weighted by Gasteiger charge is 2.31. The highest BCUT2D eigenvalue weighted by Crippen LogP contribution is 2.37. The molecule has 1 aliphatic rings. The number of esters is 1. The normalized spacial score (nSPS) is 15.8. The standard InChI is InChI=1S/C25H32N2O6S/c1-19-8-5-6-9-21(19)18-26-12-7-13-27(15-14-26)34(29,30)23-17-20(10-11-24(28)32-3)16-22(31-2)25(23)33-4/h5-6,8-11,16-17H,7,12-15,18H2,1-4H3/b11-10+. The van der Waals surface area contributed by atoms with Gasteiger partial charge in [0.25, 0.3) is 0 Å². The van der Waals surface area contributed by atoms with E-state index in [1.165, 1.54) is 55.0 Å². The molecule has 1 fully saturated rings. The van der Waals surface area contributed by atoms with Gasteiger partial charge in [0, 0.05) is 32.3 Å². The molecule has 1 saturated heterocycles. The van der Waals surface area contributed by atoms with Crippen molar-refractivity contribution in [3.63, 3.8) is 0 Å². The Balaban J connectivity index is 1.87. The van der Waals surface area contributed by atoms with Gasteiger partial charge in [-0.3, -0.25) is 4.90 Å². The summed E-state index contributed by atoms with van der Waals surface area (Å²) in [6, 6.07) is 11.4. The first-order chi connectivity index (χ1) is 16.3. The first-order valence-corrected chi connectivity index (χ1v) is 12.5. The Morgan fingerprint density at radius 3 is 2.47 bits per heavy atom. The third-order valence-corrected chi connectivity index (χ3v) is 7.80. The Morgan fingerprint density at radius 2 is 1.79 bits per heavy atom. The van der Waals surface area contributed by atoms with Crippen molar-refractivity contribution < 1.29 is 27.4 Å². The molecule has 0 aliphatic carbocycles. The van der Waals surface area contributed by atoms with Crippen LogP contribution in [0.1, 0.15) is 23.1 Å². The second kappa shape index (κ2) is 11.5. The van der Waals surface area contributed by atoms with Gasteiger partial charge < -0.3 is 14.2 Å². The predicted octanol–water partition coefficient (Wildman–Crippen LogP) is 3.10. The van der Waals surface area contributed by atoms with Crippen LogP contribution in [0.2, 0.25) is 0 Å². The number of sulfonamides is 1. The van der Waals surface area contributed by atoms with Gasteiger partial charge in [0.1, 0.15) is 4.90 Å². The van der Waals surface area contributed by atoms with Crippen molar-refractivity contribution in [2.45, 2.75) is 24.8 Å². The number of nitrogens with zero attached hydrogens (tertiary/aromatic N) is 2. The number of aryl methyl sites for hydroxylation is 1. The summed E-state index contributed by atoms with van der Waals surface area (Å²) in [6.07, 6.45) is 3.43. The fourth-order valence-electron chi connectivity index (χ4n) is 3.98. The molecule has 0 unspecified atom stereocenters.